The number of thiazole rings is 1. The van der Waals surface area contributed by atoms with Crippen LogP contribution in [-0.2, 0) is 16.0 Å². The molecule has 3 heterocycles. The van der Waals surface area contributed by atoms with E-state index >= 15 is 0 Å². The molecule has 31 heavy (non-hydrogen) atoms. The van der Waals surface area contributed by atoms with E-state index in [2.05, 4.69) is 17.3 Å². The maximum atomic E-state index is 12.9. The lowest BCUT2D eigenvalue weighted by molar-refractivity contribution is -0.143. The predicted molar refractivity (Wildman–Crippen MR) is 124 cm³/mol. The van der Waals surface area contributed by atoms with Crippen LogP contribution in [0.2, 0.25) is 0 Å². The summed E-state index contributed by atoms with van der Waals surface area (Å²) >= 11 is 3.21. The summed E-state index contributed by atoms with van der Waals surface area (Å²) in [6.45, 7) is 2.23. The highest BCUT2D eigenvalue weighted by atomic mass is 32.2. The molecule has 3 aromatic rings. The number of rotatable bonds is 4. The van der Waals surface area contributed by atoms with Crippen molar-refractivity contribution < 1.29 is 15.1 Å². The molecule has 0 radical (unpaired) electrons. The number of carbonyl (C=O) groups is 2. The minimum atomic E-state index is -0.274. The molecule has 1 aromatic carbocycles. The quantitative estimate of drug-likeness (QED) is 0.649. The molecule has 7 nitrogen and oxygen atoms in total. The van der Waals surface area contributed by atoms with E-state index in [-0.39, 0.29) is 28.6 Å². The highest BCUT2D eigenvalue weighted by Gasteiger charge is 2.49. The van der Waals surface area contributed by atoms with Crippen molar-refractivity contribution in [3.05, 3.63) is 47.6 Å². The van der Waals surface area contributed by atoms with Gasteiger partial charge in [-0.1, -0.05) is 43.7 Å². The van der Waals surface area contributed by atoms with E-state index in [0.717, 1.165) is 41.2 Å². The Bertz CT molecular complexity index is 1100. The fraction of sp³-hybridized carbons (Fsp3) is 0.409. The van der Waals surface area contributed by atoms with Crippen LogP contribution >= 0.6 is 23.1 Å². The average Bonchev–Trinajstić information content (AvgIpc) is 3.40. The molecule has 1 saturated carbocycles. The van der Waals surface area contributed by atoms with Crippen molar-refractivity contribution in [2.24, 2.45) is 5.92 Å². The molecule has 2 unspecified atom stereocenters. The van der Waals surface area contributed by atoms with Crippen LogP contribution in [-0.4, -0.2) is 42.3 Å². The lowest BCUT2D eigenvalue weighted by Crippen LogP contribution is -2.56. The lowest BCUT2D eigenvalue weighted by atomic mass is 9.86. The second kappa shape index (κ2) is 8.64. The molecule has 2 fully saturated rings. The standard InChI is InChI=1S/C22H24N4O2S2.H2O/c1-15-6-5-9-22(11-15)26(20(28)14-30-22)24-19(27)10-17-13-29-21-23-18(12-25(17)21)16-7-3-2-4-8-16;/h2-4,7-8,12-13,15H,5-6,9-11,14H2,1H3,(H,24,27);1H2. The summed E-state index contributed by atoms with van der Waals surface area (Å²) in [7, 11) is 0. The van der Waals surface area contributed by atoms with E-state index < -0.39 is 0 Å². The van der Waals surface area contributed by atoms with Crippen molar-refractivity contribution in [2.45, 2.75) is 43.9 Å². The fourth-order valence-electron chi connectivity index (χ4n) is 4.56. The van der Waals surface area contributed by atoms with Gasteiger partial charge in [-0.15, -0.1) is 23.1 Å². The SMILES string of the molecule is CC1CCCC2(C1)SCC(=O)N2NC(=O)Cc1csc2nc(-c3ccccc3)cn12.O. The molecule has 5 rings (SSSR count). The zero-order valence-electron chi connectivity index (χ0n) is 17.3. The molecule has 3 N–H and O–H groups in total. The number of hydrazine groups is 1. The first kappa shape index (κ1) is 21.9. The van der Waals surface area contributed by atoms with E-state index in [0.29, 0.717) is 11.7 Å². The number of aromatic nitrogens is 2. The molecule has 9 heteroatoms. The van der Waals surface area contributed by atoms with Gasteiger partial charge in [0.25, 0.3) is 5.91 Å². The summed E-state index contributed by atoms with van der Waals surface area (Å²) in [5, 5.41) is 3.61. The third kappa shape index (κ3) is 4.09. The molecule has 1 aliphatic carbocycles. The van der Waals surface area contributed by atoms with E-state index in [4.69, 9.17) is 0 Å². The Morgan fingerprint density at radius 3 is 2.90 bits per heavy atom. The molecule has 2 aromatic heterocycles. The summed E-state index contributed by atoms with van der Waals surface area (Å²) < 4.78 is 1.98. The zero-order valence-corrected chi connectivity index (χ0v) is 19.0. The van der Waals surface area contributed by atoms with Gasteiger partial charge in [-0.25, -0.2) is 9.99 Å². The largest absolute Gasteiger partial charge is 0.412 e. The van der Waals surface area contributed by atoms with Crippen LogP contribution in [0.1, 0.15) is 38.3 Å². The normalized spacial score (nSPS) is 23.3. The smallest absolute Gasteiger partial charge is 0.252 e. The Balaban J connectivity index is 0.00000231. The molecule has 0 bridgehead atoms. The van der Waals surface area contributed by atoms with Crippen LogP contribution in [0.3, 0.4) is 0 Å². The molecule has 2 atom stereocenters. The van der Waals surface area contributed by atoms with Gasteiger partial charge in [0.05, 0.1) is 17.9 Å². The van der Waals surface area contributed by atoms with Crippen molar-refractivity contribution in [2.75, 3.05) is 5.75 Å². The van der Waals surface area contributed by atoms with Gasteiger partial charge in [-0.2, -0.15) is 0 Å². The van der Waals surface area contributed by atoms with Crippen molar-refractivity contribution >= 4 is 39.9 Å². The first-order valence-electron chi connectivity index (χ1n) is 10.3. The summed E-state index contributed by atoms with van der Waals surface area (Å²) in [6.07, 6.45) is 6.36. The van der Waals surface area contributed by atoms with Gasteiger partial charge in [-0.3, -0.25) is 19.4 Å². The van der Waals surface area contributed by atoms with Gasteiger partial charge in [0.15, 0.2) is 4.96 Å². The molecule has 1 aliphatic heterocycles. The minimum absolute atomic E-state index is 0. The van der Waals surface area contributed by atoms with Gasteiger partial charge in [0.1, 0.15) is 4.87 Å². The number of fused-ring (bicyclic) bond motifs is 1. The first-order chi connectivity index (χ1) is 14.5. The average molecular weight is 459 g/mol. The van der Waals surface area contributed by atoms with Crippen molar-refractivity contribution in [3.8, 4) is 11.3 Å². The number of hydrogen-bond acceptors (Lipinski definition) is 5. The van der Waals surface area contributed by atoms with Crippen LogP contribution in [0.5, 0.6) is 0 Å². The number of nitrogens with one attached hydrogen (secondary N) is 1. The second-order valence-corrected chi connectivity index (χ2v) is 10.4. The van der Waals surface area contributed by atoms with Crippen LogP contribution in [0.15, 0.2) is 41.9 Å². The number of amides is 2. The Hall–Kier alpha value is -2.36. The van der Waals surface area contributed by atoms with Crippen molar-refractivity contribution in [3.63, 3.8) is 0 Å². The maximum Gasteiger partial charge on any atom is 0.252 e. The number of imidazole rings is 1. The number of hydrogen-bond donors (Lipinski definition) is 1. The molecule has 1 spiro atoms. The lowest BCUT2D eigenvalue weighted by Gasteiger charge is -2.42. The second-order valence-electron chi connectivity index (χ2n) is 8.25. The van der Waals surface area contributed by atoms with E-state index in [9.17, 15) is 9.59 Å². The minimum Gasteiger partial charge on any atom is -0.412 e. The summed E-state index contributed by atoms with van der Waals surface area (Å²) in [6, 6.07) is 10.0. The molecule has 1 saturated heterocycles. The Kier molecular flexibility index (Phi) is 6.09. The van der Waals surface area contributed by atoms with E-state index in [1.807, 2.05) is 46.3 Å². The van der Waals surface area contributed by atoms with Crippen molar-refractivity contribution in [1.29, 1.82) is 0 Å². The van der Waals surface area contributed by atoms with Gasteiger partial charge in [-0.05, 0) is 25.2 Å². The molecule has 2 aliphatic rings. The fourth-order valence-corrected chi connectivity index (χ4v) is 6.92. The van der Waals surface area contributed by atoms with Crippen molar-refractivity contribution in [1.82, 2.24) is 19.8 Å². The monoisotopic (exact) mass is 458 g/mol. The van der Waals surface area contributed by atoms with E-state index in [1.54, 1.807) is 16.8 Å². The van der Waals surface area contributed by atoms with Gasteiger partial charge >= 0.3 is 0 Å². The highest BCUT2D eigenvalue weighted by molar-refractivity contribution is 8.01. The van der Waals surface area contributed by atoms with Gasteiger partial charge in [0, 0.05) is 22.8 Å². The van der Waals surface area contributed by atoms with E-state index in [1.165, 1.54) is 17.8 Å². The van der Waals surface area contributed by atoms with Crippen LogP contribution < -0.4 is 5.43 Å². The first-order valence-corrected chi connectivity index (χ1v) is 12.2. The topological polar surface area (TPSA) is 98.2 Å². The number of carbonyl (C=O) groups excluding carboxylic acids is 2. The molecule has 2 amide bonds. The van der Waals surface area contributed by atoms with Gasteiger partial charge < -0.3 is 5.48 Å². The molecular weight excluding hydrogens is 432 g/mol. The van der Waals surface area contributed by atoms with Crippen LogP contribution in [0.25, 0.3) is 16.2 Å². The Labute approximate surface area is 189 Å². The Morgan fingerprint density at radius 2 is 2.13 bits per heavy atom. The third-order valence-electron chi connectivity index (χ3n) is 5.98. The predicted octanol–water partition coefficient (Wildman–Crippen LogP) is 3.29. The summed E-state index contributed by atoms with van der Waals surface area (Å²) in [5.74, 6) is 0.859. The summed E-state index contributed by atoms with van der Waals surface area (Å²) in [5.41, 5.74) is 5.77. The number of nitrogens with zero attached hydrogens (tertiary/aromatic N) is 3. The third-order valence-corrected chi connectivity index (χ3v) is 8.35. The highest BCUT2D eigenvalue weighted by Crippen LogP contribution is 2.47. The van der Waals surface area contributed by atoms with Gasteiger partial charge in [0.2, 0.25) is 5.91 Å². The summed E-state index contributed by atoms with van der Waals surface area (Å²) in [4.78, 5) is 30.7. The number of thioether (sulfide) groups is 1. The van der Waals surface area contributed by atoms with Crippen LogP contribution in [0, 0.1) is 5.92 Å². The Morgan fingerprint density at radius 1 is 1.32 bits per heavy atom. The molecular formula is C22H26N4O3S2. The zero-order chi connectivity index (χ0) is 20.7. The molecule has 164 valence electrons. The number of benzene rings is 1. The van der Waals surface area contributed by atoms with Crippen LogP contribution in [0.4, 0.5) is 0 Å². The maximum absolute atomic E-state index is 12.9.